The van der Waals surface area contributed by atoms with Gasteiger partial charge < -0.3 is 25.2 Å². The highest BCUT2D eigenvalue weighted by atomic mass is 31.2. The lowest BCUT2D eigenvalue weighted by atomic mass is 10.1. The summed E-state index contributed by atoms with van der Waals surface area (Å²) >= 11 is 0. The molecule has 0 rings (SSSR count). The van der Waals surface area contributed by atoms with Crippen LogP contribution in [0.15, 0.2) is 24.3 Å². The molecule has 0 aromatic heterocycles. The monoisotopic (exact) mass is 788 g/mol. The fourth-order valence-corrected chi connectivity index (χ4v) is 6.54. The van der Waals surface area contributed by atoms with E-state index in [2.05, 4.69) is 42.7 Å². The highest BCUT2D eigenvalue weighted by molar-refractivity contribution is 7.47. The van der Waals surface area contributed by atoms with Gasteiger partial charge in [0.25, 0.3) is 0 Å². The lowest BCUT2D eigenvalue weighted by molar-refractivity contribution is -0.161. The number of hydrogen-bond acceptors (Lipinski definition) is 9. The molecule has 0 amide bonds. The number of phosphoric ester groups is 1. The van der Waals surface area contributed by atoms with Gasteiger partial charge >= 0.3 is 25.7 Å². The Bertz CT molecular complexity index is 1020. The van der Waals surface area contributed by atoms with Gasteiger partial charge in [-0.3, -0.25) is 23.4 Å². The van der Waals surface area contributed by atoms with E-state index in [0.717, 1.165) is 77.0 Å². The predicted octanol–water partition coefficient (Wildman–Crippen LogP) is 11.1. The molecule has 0 aromatic rings. The number of rotatable bonds is 40. The van der Waals surface area contributed by atoms with Crippen molar-refractivity contribution in [2.75, 3.05) is 19.8 Å². The molecule has 0 fully saturated rings. The first kappa shape index (κ1) is 52.0. The third-order valence-electron chi connectivity index (χ3n) is 9.17. The number of aliphatic carboxylic acids is 1. The summed E-state index contributed by atoms with van der Waals surface area (Å²) in [4.78, 5) is 45.9. The van der Waals surface area contributed by atoms with Crippen molar-refractivity contribution in [1.29, 1.82) is 0 Å². The van der Waals surface area contributed by atoms with E-state index in [1.165, 1.54) is 77.0 Å². The summed E-state index contributed by atoms with van der Waals surface area (Å²) in [6.45, 7) is 2.78. The molecule has 3 atom stereocenters. The van der Waals surface area contributed by atoms with E-state index in [9.17, 15) is 23.8 Å². The first-order chi connectivity index (χ1) is 26.1. The van der Waals surface area contributed by atoms with Crippen LogP contribution in [-0.2, 0) is 37.5 Å². The van der Waals surface area contributed by atoms with Crippen molar-refractivity contribution in [3.63, 3.8) is 0 Å². The quantitative estimate of drug-likeness (QED) is 0.0233. The van der Waals surface area contributed by atoms with Crippen LogP contribution in [0.2, 0.25) is 0 Å². The number of ether oxygens (including phenoxy) is 2. The van der Waals surface area contributed by atoms with Gasteiger partial charge in [0.2, 0.25) is 0 Å². The number of phosphoric acid groups is 1. The summed E-state index contributed by atoms with van der Waals surface area (Å²) in [5.74, 6) is -2.39. The summed E-state index contributed by atoms with van der Waals surface area (Å²) < 4.78 is 32.6. The molecule has 1 unspecified atom stereocenters. The number of unbranched alkanes of at least 4 members (excludes halogenated alkanes) is 22. The van der Waals surface area contributed by atoms with E-state index in [0.29, 0.717) is 12.8 Å². The molecule has 0 saturated heterocycles. The minimum Gasteiger partial charge on any atom is -0.480 e. The van der Waals surface area contributed by atoms with E-state index in [1.54, 1.807) is 0 Å². The van der Waals surface area contributed by atoms with E-state index < -0.39 is 51.1 Å². The van der Waals surface area contributed by atoms with Crippen molar-refractivity contribution in [2.24, 2.45) is 5.73 Å². The second-order valence-electron chi connectivity index (χ2n) is 14.5. The summed E-state index contributed by atoms with van der Waals surface area (Å²) in [6, 6.07) is -1.52. The topological polar surface area (TPSA) is 172 Å². The Hall–Kier alpha value is -2.04. The molecule has 0 aliphatic heterocycles. The number of allylic oxidation sites excluding steroid dienone is 4. The number of carboxylic acid groups (broad SMARTS) is 1. The molecule has 4 N–H and O–H groups in total. The fraction of sp³-hybridized carbons (Fsp3) is 0.833. The molecule has 0 saturated carbocycles. The normalized spacial score (nSPS) is 14.0. The smallest absolute Gasteiger partial charge is 0.472 e. The molecule has 0 spiro atoms. The second-order valence-corrected chi connectivity index (χ2v) is 15.9. The minimum absolute atomic E-state index is 0.151. The Morgan fingerprint density at radius 3 is 1.35 bits per heavy atom. The molecule has 0 aromatic carbocycles. The van der Waals surface area contributed by atoms with Crippen LogP contribution in [-0.4, -0.2) is 59.9 Å². The lowest BCUT2D eigenvalue weighted by Gasteiger charge is -2.20. The van der Waals surface area contributed by atoms with Gasteiger partial charge in [-0.05, 0) is 64.2 Å². The molecule has 0 aliphatic rings. The van der Waals surface area contributed by atoms with Crippen LogP contribution in [0.3, 0.4) is 0 Å². The number of carboxylic acids is 1. The summed E-state index contributed by atoms with van der Waals surface area (Å²) in [7, 11) is -4.71. The molecule has 54 heavy (non-hydrogen) atoms. The van der Waals surface area contributed by atoms with Crippen molar-refractivity contribution in [1.82, 2.24) is 0 Å². The molecule has 11 nitrogen and oxygen atoms in total. The SMILES string of the molecule is CCCCCCCCC=CCCCCCCCC(=O)OC[C@@H](COP(=O)(O)OC[C@H](N)C(=O)O)OC(=O)CCCCCCCC=CCCCCCCCC. The van der Waals surface area contributed by atoms with Crippen molar-refractivity contribution < 1.29 is 47.5 Å². The molecule has 316 valence electrons. The Morgan fingerprint density at radius 2 is 0.926 bits per heavy atom. The first-order valence-electron chi connectivity index (χ1n) is 21.4. The minimum atomic E-state index is -4.71. The van der Waals surface area contributed by atoms with Crippen molar-refractivity contribution >= 4 is 25.7 Å². The molecular weight excluding hydrogens is 709 g/mol. The number of hydrogen-bond donors (Lipinski definition) is 3. The van der Waals surface area contributed by atoms with Gasteiger partial charge in [0.05, 0.1) is 13.2 Å². The number of carbonyl (C=O) groups excluding carboxylic acids is 2. The van der Waals surface area contributed by atoms with E-state index in [1.807, 2.05) is 0 Å². The number of carbonyl (C=O) groups is 3. The Balaban J connectivity index is 4.40. The molecule has 0 aliphatic carbocycles. The van der Waals surface area contributed by atoms with E-state index in [-0.39, 0.29) is 19.4 Å². The molecule has 0 heterocycles. The van der Waals surface area contributed by atoms with Crippen molar-refractivity contribution in [3.8, 4) is 0 Å². The van der Waals surface area contributed by atoms with Crippen molar-refractivity contribution in [3.05, 3.63) is 24.3 Å². The largest absolute Gasteiger partial charge is 0.480 e. The van der Waals surface area contributed by atoms with Gasteiger partial charge in [0, 0.05) is 12.8 Å². The van der Waals surface area contributed by atoms with Gasteiger partial charge in [-0.2, -0.15) is 0 Å². The summed E-state index contributed by atoms with van der Waals surface area (Å²) in [5, 5.41) is 8.88. The van der Waals surface area contributed by atoms with Gasteiger partial charge in [0.1, 0.15) is 12.6 Å². The maximum absolute atomic E-state index is 12.6. The van der Waals surface area contributed by atoms with Crippen LogP contribution in [0.25, 0.3) is 0 Å². The van der Waals surface area contributed by atoms with Gasteiger partial charge in [-0.15, -0.1) is 0 Å². The van der Waals surface area contributed by atoms with Gasteiger partial charge in [0.15, 0.2) is 6.10 Å². The Kier molecular flexibility index (Phi) is 36.4. The average Bonchev–Trinajstić information content (AvgIpc) is 3.14. The Morgan fingerprint density at radius 1 is 0.556 bits per heavy atom. The third kappa shape index (κ3) is 36.9. The molecule has 12 heteroatoms. The van der Waals surface area contributed by atoms with Gasteiger partial charge in [-0.25, -0.2) is 4.57 Å². The van der Waals surface area contributed by atoms with Crippen LogP contribution in [0.5, 0.6) is 0 Å². The van der Waals surface area contributed by atoms with E-state index >= 15 is 0 Å². The number of nitrogens with two attached hydrogens (primary N) is 1. The van der Waals surface area contributed by atoms with Crippen LogP contribution in [0, 0.1) is 0 Å². The molecule has 0 bridgehead atoms. The summed E-state index contributed by atoms with van der Waals surface area (Å²) in [6.07, 6.45) is 38.1. The zero-order chi connectivity index (χ0) is 40.0. The fourth-order valence-electron chi connectivity index (χ4n) is 5.76. The first-order valence-corrected chi connectivity index (χ1v) is 22.9. The third-order valence-corrected chi connectivity index (χ3v) is 10.1. The zero-order valence-electron chi connectivity index (χ0n) is 34.1. The summed E-state index contributed by atoms with van der Waals surface area (Å²) in [5.41, 5.74) is 5.33. The molecular formula is C42H78NO10P. The second kappa shape index (κ2) is 37.9. The van der Waals surface area contributed by atoms with Crippen LogP contribution in [0.1, 0.15) is 194 Å². The number of esters is 2. The standard InChI is InChI=1S/C42H78NO10P/c1-3-5-7-9-11-13-15-17-19-21-23-25-27-29-31-33-40(44)50-35-38(36-51-54(48,49)52-37-39(43)42(46)47)53-41(45)34-32-30-28-26-24-22-20-18-16-14-12-10-8-6-4-2/h17-20,38-39H,3-16,21-37,43H2,1-2H3,(H,46,47)(H,48,49)/t38-,39-/m0/s1. The predicted molar refractivity (Wildman–Crippen MR) is 217 cm³/mol. The van der Waals surface area contributed by atoms with Crippen LogP contribution in [0.4, 0.5) is 0 Å². The van der Waals surface area contributed by atoms with Gasteiger partial charge in [-0.1, -0.05) is 141 Å². The maximum Gasteiger partial charge on any atom is 0.472 e. The average molecular weight is 788 g/mol. The lowest BCUT2D eigenvalue weighted by Crippen LogP contribution is -2.34. The zero-order valence-corrected chi connectivity index (χ0v) is 35.0. The molecule has 0 radical (unpaired) electrons. The Labute approximate surface area is 328 Å². The van der Waals surface area contributed by atoms with Crippen LogP contribution >= 0.6 is 7.82 Å². The highest BCUT2D eigenvalue weighted by Gasteiger charge is 2.28. The highest BCUT2D eigenvalue weighted by Crippen LogP contribution is 2.43. The van der Waals surface area contributed by atoms with Crippen LogP contribution < -0.4 is 5.73 Å². The van der Waals surface area contributed by atoms with Crippen molar-refractivity contribution in [2.45, 2.75) is 206 Å². The van der Waals surface area contributed by atoms with E-state index in [4.69, 9.17) is 24.8 Å². The maximum atomic E-state index is 12.6.